The van der Waals surface area contributed by atoms with Crippen LogP contribution in [0.1, 0.15) is 19.4 Å². The maximum Gasteiger partial charge on any atom is 0.153 e. The number of benzene rings is 1. The number of ether oxygens (including phenoxy) is 2. The average molecular weight is 395 g/mol. The molecule has 1 aromatic carbocycles. The first-order valence-electron chi connectivity index (χ1n) is 9.36. The summed E-state index contributed by atoms with van der Waals surface area (Å²) in [5.41, 5.74) is 2.23. The van der Waals surface area contributed by atoms with Gasteiger partial charge in [0.2, 0.25) is 0 Å². The molecule has 2 heterocycles. The Kier molecular flexibility index (Phi) is 6.13. The number of allylic oxidation sites excluding steroid dienone is 1. The Labute approximate surface area is 162 Å². The van der Waals surface area contributed by atoms with Crippen LogP contribution in [0.3, 0.4) is 0 Å². The lowest BCUT2D eigenvalue weighted by atomic mass is 10.0. The van der Waals surface area contributed by atoms with E-state index in [-0.39, 0.29) is 23.6 Å². The fourth-order valence-electron chi connectivity index (χ4n) is 4.11. The minimum absolute atomic E-state index is 0.00364. The molecule has 0 aromatic heterocycles. The minimum Gasteiger partial charge on any atom is -0.496 e. The van der Waals surface area contributed by atoms with Crippen molar-refractivity contribution in [3.8, 4) is 11.5 Å². The number of sulfone groups is 1. The molecular formula is C20H30N2O4S. The zero-order valence-electron chi connectivity index (χ0n) is 16.6. The second-order valence-electron chi connectivity index (χ2n) is 7.60. The van der Waals surface area contributed by atoms with Gasteiger partial charge in [-0.1, -0.05) is 17.7 Å². The zero-order chi connectivity index (χ0) is 19.6. The molecule has 0 spiro atoms. The van der Waals surface area contributed by atoms with E-state index in [1.54, 1.807) is 14.2 Å². The maximum atomic E-state index is 12.4. The topological polar surface area (TPSA) is 59.1 Å². The molecule has 2 aliphatic heterocycles. The summed E-state index contributed by atoms with van der Waals surface area (Å²) in [6.45, 7) is 7.28. The van der Waals surface area contributed by atoms with E-state index in [4.69, 9.17) is 9.47 Å². The van der Waals surface area contributed by atoms with Crippen LogP contribution in [0.15, 0.2) is 29.8 Å². The van der Waals surface area contributed by atoms with E-state index in [1.807, 2.05) is 18.2 Å². The highest BCUT2D eigenvalue weighted by Crippen LogP contribution is 2.33. The van der Waals surface area contributed by atoms with Crippen molar-refractivity contribution in [3.63, 3.8) is 0 Å². The Morgan fingerprint density at radius 2 is 1.63 bits per heavy atom. The molecular weight excluding hydrogens is 364 g/mol. The van der Waals surface area contributed by atoms with Gasteiger partial charge < -0.3 is 9.47 Å². The van der Waals surface area contributed by atoms with E-state index in [2.05, 4.69) is 29.7 Å². The largest absolute Gasteiger partial charge is 0.496 e. The molecule has 0 amide bonds. The number of piperazine rings is 1. The predicted molar refractivity (Wildman–Crippen MR) is 107 cm³/mol. The Bertz CT molecular complexity index is 780. The van der Waals surface area contributed by atoms with Gasteiger partial charge in [-0.25, -0.2) is 8.42 Å². The predicted octanol–water partition coefficient (Wildman–Crippen LogP) is 1.95. The van der Waals surface area contributed by atoms with Crippen molar-refractivity contribution >= 4 is 9.84 Å². The van der Waals surface area contributed by atoms with Crippen LogP contribution in [-0.4, -0.2) is 75.7 Å². The Balaban J connectivity index is 1.85. The zero-order valence-corrected chi connectivity index (χ0v) is 17.5. The van der Waals surface area contributed by atoms with Crippen molar-refractivity contribution < 1.29 is 17.9 Å². The monoisotopic (exact) mass is 394 g/mol. The highest BCUT2D eigenvalue weighted by Gasteiger charge is 2.46. The van der Waals surface area contributed by atoms with Crippen molar-refractivity contribution in [2.45, 2.75) is 32.5 Å². The van der Waals surface area contributed by atoms with Crippen molar-refractivity contribution in [2.24, 2.45) is 0 Å². The third-order valence-electron chi connectivity index (χ3n) is 5.53. The summed E-state index contributed by atoms with van der Waals surface area (Å²) in [7, 11) is 0.279. The maximum absolute atomic E-state index is 12.4. The number of fused-ring (bicyclic) bond motifs is 1. The molecule has 6 nitrogen and oxygen atoms in total. The summed E-state index contributed by atoms with van der Waals surface area (Å²) < 4.78 is 35.9. The van der Waals surface area contributed by atoms with Gasteiger partial charge in [0.1, 0.15) is 11.5 Å². The summed E-state index contributed by atoms with van der Waals surface area (Å²) in [5, 5.41) is 0. The molecule has 0 bridgehead atoms. The quantitative estimate of drug-likeness (QED) is 0.688. The first-order valence-corrected chi connectivity index (χ1v) is 11.2. The number of methoxy groups -OCH3 is 2. The van der Waals surface area contributed by atoms with Crippen LogP contribution in [-0.2, 0) is 16.4 Å². The van der Waals surface area contributed by atoms with Crippen molar-refractivity contribution in [2.75, 3.05) is 45.4 Å². The molecule has 0 aliphatic carbocycles. The molecule has 0 N–H and O–H groups in total. The molecule has 2 fully saturated rings. The summed E-state index contributed by atoms with van der Waals surface area (Å²) in [6, 6.07) is 5.79. The highest BCUT2D eigenvalue weighted by atomic mass is 32.2. The van der Waals surface area contributed by atoms with E-state index in [0.29, 0.717) is 6.54 Å². The first kappa shape index (κ1) is 20.2. The van der Waals surface area contributed by atoms with Crippen molar-refractivity contribution in [1.29, 1.82) is 0 Å². The van der Waals surface area contributed by atoms with Gasteiger partial charge in [0.05, 0.1) is 31.3 Å². The minimum atomic E-state index is -3.02. The fraction of sp³-hybridized carbons (Fsp3) is 0.600. The normalized spacial score (nSPS) is 25.0. The van der Waals surface area contributed by atoms with E-state index in [0.717, 1.165) is 36.7 Å². The fourth-order valence-corrected chi connectivity index (χ4v) is 6.15. The molecule has 0 saturated carbocycles. The highest BCUT2D eigenvalue weighted by molar-refractivity contribution is 7.91. The molecule has 1 aromatic rings. The van der Waals surface area contributed by atoms with Gasteiger partial charge in [0.15, 0.2) is 9.84 Å². The molecule has 2 atom stereocenters. The third-order valence-corrected chi connectivity index (χ3v) is 7.23. The lowest BCUT2D eigenvalue weighted by molar-refractivity contribution is 0.0468. The van der Waals surface area contributed by atoms with Gasteiger partial charge in [-0.2, -0.15) is 0 Å². The van der Waals surface area contributed by atoms with Crippen LogP contribution in [0.4, 0.5) is 0 Å². The molecule has 2 saturated heterocycles. The number of hydrogen-bond donors (Lipinski definition) is 0. The Morgan fingerprint density at radius 1 is 1.07 bits per heavy atom. The van der Waals surface area contributed by atoms with Gasteiger partial charge in [-0.3, -0.25) is 9.80 Å². The third kappa shape index (κ3) is 4.47. The summed E-state index contributed by atoms with van der Waals surface area (Å²) >= 11 is 0. The van der Waals surface area contributed by atoms with Crippen molar-refractivity contribution in [3.05, 3.63) is 35.4 Å². The van der Waals surface area contributed by atoms with Gasteiger partial charge >= 0.3 is 0 Å². The van der Waals surface area contributed by atoms with Gasteiger partial charge in [-0.05, 0) is 26.0 Å². The average Bonchev–Trinajstić information content (AvgIpc) is 2.96. The Morgan fingerprint density at radius 3 is 2.19 bits per heavy atom. The second kappa shape index (κ2) is 8.20. The molecule has 0 unspecified atom stereocenters. The van der Waals surface area contributed by atoms with Crippen LogP contribution in [0, 0.1) is 0 Å². The lowest BCUT2D eigenvalue weighted by Gasteiger charge is -2.43. The smallest absolute Gasteiger partial charge is 0.153 e. The molecule has 0 radical (unpaired) electrons. The van der Waals surface area contributed by atoms with Gasteiger partial charge in [-0.15, -0.1) is 0 Å². The van der Waals surface area contributed by atoms with E-state index >= 15 is 0 Å². The number of rotatable bonds is 6. The molecule has 2 aliphatic rings. The van der Waals surface area contributed by atoms with Gasteiger partial charge in [0.25, 0.3) is 0 Å². The van der Waals surface area contributed by atoms with Crippen LogP contribution >= 0.6 is 0 Å². The van der Waals surface area contributed by atoms with Crippen LogP contribution in [0.2, 0.25) is 0 Å². The molecule has 150 valence electrons. The summed E-state index contributed by atoms with van der Waals surface area (Å²) in [5.74, 6) is 2.02. The molecule has 3 rings (SSSR count). The van der Waals surface area contributed by atoms with Crippen molar-refractivity contribution in [1.82, 2.24) is 9.80 Å². The van der Waals surface area contributed by atoms with E-state index in [1.165, 1.54) is 5.57 Å². The lowest BCUT2D eigenvalue weighted by Crippen LogP contribution is -2.58. The molecule has 27 heavy (non-hydrogen) atoms. The van der Waals surface area contributed by atoms with Gasteiger partial charge in [0, 0.05) is 38.3 Å². The second-order valence-corrected chi connectivity index (χ2v) is 9.75. The number of hydrogen-bond acceptors (Lipinski definition) is 6. The van der Waals surface area contributed by atoms with Crippen LogP contribution in [0.25, 0.3) is 0 Å². The van der Waals surface area contributed by atoms with Crippen LogP contribution in [0.5, 0.6) is 11.5 Å². The summed E-state index contributed by atoms with van der Waals surface area (Å²) in [6.07, 6.45) is 2.18. The summed E-state index contributed by atoms with van der Waals surface area (Å²) in [4.78, 5) is 4.60. The molecule has 7 heteroatoms. The number of nitrogens with zero attached hydrogens (tertiary/aromatic N) is 2. The standard InChI is InChI=1S/C20H30N2O4S/c1-15(2)8-9-21-10-11-22(18-14-27(23,24)13-17(18)21)12-16-19(25-3)6-5-7-20(16)26-4/h5-8,17-18H,9-14H2,1-4H3/t17-,18+/m1/s1. The van der Waals surface area contributed by atoms with E-state index in [9.17, 15) is 8.42 Å². The van der Waals surface area contributed by atoms with Crippen LogP contribution < -0.4 is 9.47 Å². The first-order chi connectivity index (χ1) is 12.8. The Hall–Kier alpha value is -1.57. The SMILES string of the molecule is COc1cccc(OC)c1CN1CCN(CC=C(C)C)[C@@H]2CS(=O)(=O)C[C@@H]21. The van der Waals surface area contributed by atoms with E-state index < -0.39 is 9.84 Å².